The Hall–Kier alpha value is -3.56. The lowest BCUT2D eigenvalue weighted by molar-refractivity contribution is -0.125. The first-order valence-electron chi connectivity index (χ1n) is 11.1. The third-order valence-corrected chi connectivity index (χ3v) is 6.30. The number of amides is 2. The summed E-state index contributed by atoms with van der Waals surface area (Å²) >= 11 is 0. The van der Waals surface area contributed by atoms with Crippen molar-refractivity contribution in [2.24, 2.45) is 5.41 Å². The summed E-state index contributed by atoms with van der Waals surface area (Å²) in [4.78, 5) is 37.3. The largest absolute Gasteiger partial charge is 0.494 e. The van der Waals surface area contributed by atoms with Crippen molar-refractivity contribution in [2.75, 3.05) is 41.1 Å². The van der Waals surface area contributed by atoms with Crippen molar-refractivity contribution in [1.29, 1.82) is 0 Å². The van der Waals surface area contributed by atoms with Crippen molar-refractivity contribution >= 4 is 40.8 Å². The van der Waals surface area contributed by atoms with Gasteiger partial charge >= 0.3 is 6.09 Å². The topological polar surface area (TPSA) is 120 Å². The van der Waals surface area contributed by atoms with Gasteiger partial charge in [-0.05, 0) is 38.8 Å². The smallest absolute Gasteiger partial charge is 0.409 e. The Labute approximate surface area is 193 Å². The summed E-state index contributed by atoms with van der Waals surface area (Å²) in [5.74, 6) is 1.59. The molecule has 2 aliphatic rings. The van der Waals surface area contributed by atoms with E-state index in [1.807, 2.05) is 13.8 Å². The molecule has 1 aliphatic heterocycles. The lowest BCUT2D eigenvalue weighted by Gasteiger charge is -2.34. The van der Waals surface area contributed by atoms with Gasteiger partial charge in [0.2, 0.25) is 11.9 Å². The van der Waals surface area contributed by atoms with Crippen LogP contribution in [0.15, 0.2) is 24.4 Å². The van der Waals surface area contributed by atoms with Gasteiger partial charge in [-0.25, -0.2) is 9.78 Å². The molecule has 2 amide bonds. The molecule has 0 bridgehead atoms. The number of ether oxygens (including phenoxy) is 1. The van der Waals surface area contributed by atoms with Crippen LogP contribution in [0.25, 0.3) is 0 Å². The van der Waals surface area contributed by atoms with E-state index in [0.29, 0.717) is 41.3 Å². The number of methoxy groups -OCH3 is 1. The van der Waals surface area contributed by atoms with Gasteiger partial charge in [-0.15, -0.1) is 0 Å². The lowest BCUT2D eigenvalue weighted by Crippen LogP contribution is -2.45. The second-order valence-electron chi connectivity index (χ2n) is 9.19. The zero-order valence-electron chi connectivity index (χ0n) is 19.4. The molecule has 1 aromatic carbocycles. The number of anilines is 5. The second-order valence-corrected chi connectivity index (χ2v) is 9.19. The maximum atomic E-state index is 13.1. The van der Waals surface area contributed by atoms with Crippen LogP contribution in [0.4, 0.5) is 33.6 Å². The Morgan fingerprint density at radius 1 is 1.27 bits per heavy atom. The highest BCUT2D eigenvalue weighted by molar-refractivity contribution is 6.00. The SMILES string of the molecule is COc1cc(NC(=O)O)ccc1Nc1ncc2c(n1)N(C1CCCC1)CC(C)(C)C(=O)N2C. The Morgan fingerprint density at radius 2 is 2.00 bits per heavy atom. The molecular formula is C23H30N6O4. The molecule has 0 atom stereocenters. The summed E-state index contributed by atoms with van der Waals surface area (Å²) in [6.45, 7) is 4.54. The molecule has 10 heteroatoms. The summed E-state index contributed by atoms with van der Waals surface area (Å²) in [6, 6.07) is 5.25. The van der Waals surface area contributed by atoms with Gasteiger partial charge in [0.05, 0.1) is 24.4 Å². The fourth-order valence-electron chi connectivity index (χ4n) is 4.64. The summed E-state index contributed by atoms with van der Waals surface area (Å²) in [7, 11) is 3.28. The highest BCUT2D eigenvalue weighted by Crippen LogP contribution is 2.40. The summed E-state index contributed by atoms with van der Waals surface area (Å²) in [5, 5.41) is 14.4. The molecule has 3 N–H and O–H groups in total. The third kappa shape index (κ3) is 4.50. The molecular weight excluding hydrogens is 424 g/mol. The van der Waals surface area contributed by atoms with E-state index in [-0.39, 0.29) is 5.91 Å². The summed E-state index contributed by atoms with van der Waals surface area (Å²) in [6.07, 6.45) is 5.02. The molecule has 0 saturated heterocycles. The van der Waals surface area contributed by atoms with Crippen LogP contribution < -0.4 is 25.2 Å². The van der Waals surface area contributed by atoms with E-state index in [1.165, 1.54) is 20.0 Å². The van der Waals surface area contributed by atoms with Gasteiger partial charge in [0.1, 0.15) is 11.4 Å². The van der Waals surface area contributed by atoms with Crippen LogP contribution in [0.2, 0.25) is 0 Å². The minimum Gasteiger partial charge on any atom is -0.494 e. The number of rotatable bonds is 5. The van der Waals surface area contributed by atoms with Crippen LogP contribution in [-0.4, -0.2) is 53.8 Å². The number of hydrogen-bond donors (Lipinski definition) is 3. The average Bonchev–Trinajstić information content (AvgIpc) is 3.29. The maximum absolute atomic E-state index is 13.1. The van der Waals surface area contributed by atoms with E-state index in [2.05, 4.69) is 20.5 Å². The van der Waals surface area contributed by atoms with Crippen molar-refractivity contribution in [2.45, 2.75) is 45.6 Å². The van der Waals surface area contributed by atoms with Crippen LogP contribution in [-0.2, 0) is 4.79 Å². The fraction of sp³-hybridized carbons (Fsp3) is 0.478. The zero-order chi connectivity index (χ0) is 23.8. The van der Waals surface area contributed by atoms with Crippen LogP contribution in [0.3, 0.4) is 0 Å². The lowest BCUT2D eigenvalue weighted by atomic mass is 9.91. The number of carbonyl (C=O) groups is 2. The zero-order valence-corrected chi connectivity index (χ0v) is 19.4. The summed E-state index contributed by atoms with van der Waals surface area (Å²) in [5.41, 5.74) is 1.12. The Kier molecular flexibility index (Phi) is 6.01. The first-order chi connectivity index (χ1) is 15.7. The molecule has 176 valence electrons. The second kappa shape index (κ2) is 8.76. The number of nitrogens with one attached hydrogen (secondary N) is 2. The van der Waals surface area contributed by atoms with Crippen molar-refractivity contribution in [3.8, 4) is 5.75 Å². The molecule has 0 radical (unpaired) electrons. The van der Waals surface area contributed by atoms with E-state index in [0.717, 1.165) is 18.7 Å². The van der Waals surface area contributed by atoms with Crippen molar-refractivity contribution < 1.29 is 19.4 Å². The van der Waals surface area contributed by atoms with E-state index in [9.17, 15) is 9.59 Å². The predicted octanol–water partition coefficient (Wildman–Crippen LogP) is 4.07. The van der Waals surface area contributed by atoms with Crippen LogP contribution in [0.1, 0.15) is 39.5 Å². The monoisotopic (exact) mass is 454 g/mol. The molecule has 1 aromatic heterocycles. The van der Waals surface area contributed by atoms with Crippen molar-refractivity contribution in [3.05, 3.63) is 24.4 Å². The molecule has 10 nitrogen and oxygen atoms in total. The number of aromatic nitrogens is 2. The van der Waals surface area contributed by atoms with E-state index >= 15 is 0 Å². The molecule has 0 unspecified atom stereocenters. The van der Waals surface area contributed by atoms with Crippen LogP contribution >= 0.6 is 0 Å². The van der Waals surface area contributed by atoms with Crippen LogP contribution in [0, 0.1) is 5.41 Å². The molecule has 1 saturated carbocycles. The van der Waals surface area contributed by atoms with Gasteiger partial charge in [-0.2, -0.15) is 4.98 Å². The third-order valence-electron chi connectivity index (χ3n) is 6.30. The van der Waals surface area contributed by atoms with Gasteiger partial charge < -0.3 is 25.0 Å². The highest BCUT2D eigenvalue weighted by Gasteiger charge is 2.41. The average molecular weight is 455 g/mol. The first kappa shape index (κ1) is 22.6. The molecule has 33 heavy (non-hydrogen) atoms. The highest BCUT2D eigenvalue weighted by atomic mass is 16.5. The quantitative estimate of drug-likeness (QED) is 0.618. The van der Waals surface area contributed by atoms with Gasteiger partial charge in [0.15, 0.2) is 5.82 Å². The molecule has 2 heterocycles. The standard InChI is InChI=1S/C23H30N6O4/c1-23(2)13-29(15-7-5-6-8-15)19-17(28(3)20(23)30)12-24-21(27-19)26-16-10-9-14(25-22(31)32)11-18(16)33-4/h9-12,15,25H,5-8,13H2,1-4H3,(H,31,32)(H,24,26,27). The predicted molar refractivity (Wildman–Crippen MR) is 127 cm³/mol. The van der Waals surface area contributed by atoms with Gasteiger partial charge in [-0.1, -0.05) is 12.8 Å². The molecule has 0 spiro atoms. The first-order valence-corrected chi connectivity index (χ1v) is 11.1. The number of nitrogens with zero attached hydrogens (tertiary/aromatic N) is 4. The van der Waals surface area contributed by atoms with Crippen molar-refractivity contribution in [1.82, 2.24) is 9.97 Å². The summed E-state index contributed by atoms with van der Waals surface area (Å²) < 4.78 is 5.42. The normalized spacial score (nSPS) is 18.0. The van der Waals surface area contributed by atoms with Crippen molar-refractivity contribution in [3.63, 3.8) is 0 Å². The van der Waals surface area contributed by atoms with E-state index in [1.54, 1.807) is 36.3 Å². The Balaban J connectivity index is 1.71. The number of carboxylic acid groups (broad SMARTS) is 1. The number of benzene rings is 1. The van der Waals surface area contributed by atoms with Gasteiger partial charge in [0.25, 0.3) is 0 Å². The van der Waals surface area contributed by atoms with Gasteiger partial charge in [0, 0.05) is 31.4 Å². The Bertz CT molecular complexity index is 1070. The van der Waals surface area contributed by atoms with Gasteiger partial charge in [-0.3, -0.25) is 10.1 Å². The number of carbonyl (C=O) groups excluding carboxylic acids is 1. The molecule has 1 aliphatic carbocycles. The molecule has 2 aromatic rings. The van der Waals surface area contributed by atoms with E-state index < -0.39 is 11.5 Å². The minimum atomic E-state index is -1.15. The number of hydrogen-bond acceptors (Lipinski definition) is 7. The fourth-order valence-corrected chi connectivity index (χ4v) is 4.64. The molecule has 1 fully saturated rings. The van der Waals surface area contributed by atoms with Crippen LogP contribution in [0.5, 0.6) is 5.75 Å². The minimum absolute atomic E-state index is 0.0387. The Morgan fingerprint density at radius 3 is 2.67 bits per heavy atom. The maximum Gasteiger partial charge on any atom is 0.409 e. The molecule has 4 rings (SSSR count). The van der Waals surface area contributed by atoms with E-state index in [4.69, 9.17) is 14.8 Å². The number of fused-ring (bicyclic) bond motifs is 1.